The topological polar surface area (TPSA) is 147 Å². The number of carboxylic acid groups (broad SMARTS) is 1. The summed E-state index contributed by atoms with van der Waals surface area (Å²) in [4.78, 5) is 35.4. The van der Waals surface area contributed by atoms with Crippen molar-refractivity contribution in [2.24, 2.45) is 11.7 Å². The van der Waals surface area contributed by atoms with Gasteiger partial charge in [0.2, 0.25) is 11.7 Å². The maximum absolute atomic E-state index is 12.4. The molecular weight excluding hydrogens is 459 g/mol. The molecule has 1 atom stereocenters. The van der Waals surface area contributed by atoms with E-state index in [9.17, 15) is 22.8 Å². The quantitative estimate of drug-likeness (QED) is 0.247. The Morgan fingerprint density at radius 1 is 1.15 bits per heavy atom. The lowest BCUT2D eigenvalue weighted by Gasteiger charge is -2.19. The number of ether oxygens (including phenoxy) is 1. The number of carbonyl (C=O) groups excluding carboxylic acids is 2. The van der Waals surface area contributed by atoms with Gasteiger partial charge in [0.25, 0.3) is 0 Å². The molecule has 1 aliphatic heterocycles. The van der Waals surface area contributed by atoms with Crippen LogP contribution in [0.5, 0.6) is 5.75 Å². The van der Waals surface area contributed by atoms with E-state index in [2.05, 4.69) is 0 Å². The Morgan fingerprint density at radius 2 is 1.71 bits per heavy atom. The average molecular weight is 483 g/mol. The molecule has 1 aromatic carbocycles. The van der Waals surface area contributed by atoms with Crippen molar-refractivity contribution in [1.82, 2.24) is 4.90 Å². The highest BCUT2D eigenvalue weighted by atomic mass is 19.4. The predicted molar refractivity (Wildman–Crippen MR) is 113 cm³/mol. The Hall–Kier alpha value is -3.83. The number of carbonyl (C=O) groups is 3. The largest absolute Gasteiger partial charge is 0.490 e. The number of benzene rings is 1. The molecule has 0 aliphatic carbocycles. The van der Waals surface area contributed by atoms with Crippen LogP contribution in [0.4, 0.5) is 13.2 Å². The summed E-state index contributed by atoms with van der Waals surface area (Å²) in [7, 11) is 0. The summed E-state index contributed by atoms with van der Waals surface area (Å²) < 4.78 is 42.6. The van der Waals surface area contributed by atoms with Gasteiger partial charge in [-0.15, -0.1) is 0 Å². The number of nitrogens with two attached hydrogens (primary N) is 1. The fourth-order valence-corrected chi connectivity index (χ4v) is 3.10. The zero-order valence-electron chi connectivity index (χ0n) is 18.2. The molecular formula is C22H24F3N3O6. The van der Waals surface area contributed by atoms with Gasteiger partial charge in [0, 0.05) is 31.0 Å². The number of nitrogen functional groups attached to an aromatic ring is 1. The zero-order valence-corrected chi connectivity index (χ0v) is 18.2. The molecule has 0 bridgehead atoms. The second-order valence-electron chi connectivity index (χ2n) is 7.53. The Labute approximate surface area is 192 Å². The molecule has 2 aromatic rings. The summed E-state index contributed by atoms with van der Waals surface area (Å²) in [5, 5.41) is 14.5. The van der Waals surface area contributed by atoms with Crippen molar-refractivity contribution in [3.63, 3.8) is 0 Å². The van der Waals surface area contributed by atoms with E-state index >= 15 is 0 Å². The number of nitrogens with zero attached hydrogens (tertiary/aromatic N) is 1. The molecule has 12 heteroatoms. The van der Waals surface area contributed by atoms with Crippen LogP contribution < -0.4 is 10.5 Å². The van der Waals surface area contributed by atoms with E-state index in [4.69, 9.17) is 30.2 Å². The summed E-state index contributed by atoms with van der Waals surface area (Å²) >= 11 is 0. The van der Waals surface area contributed by atoms with Crippen molar-refractivity contribution in [3.05, 3.63) is 53.5 Å². The first-order chi connectivity index (χ1) is 15.9. The second-order valence-corrected chi connectivity index (χ2v) is 7.53. The molecule has 34 heavy (non-hydrogen) atoms. The number of esters is 1. The highest BCUT2D eigenvalue weighted by Crippen LogP contribution is 2.19. The molecule has 0 radical (unpaired) electrons. The maximum atomic E-state index is 12.4. The Morgan fingerprint density at radius 3 is 2.21 bits per heavy atom. The van der Waals surface area contributed by atoms with Gasteiger partial charge in [-0.05, 0) is 49.2 Å². The fraction of sp³-hybridized carbons (Fsp3) is 0.364. The number of hydrogen-bond acceptors (Lipinski definition) is 6. The third kappa shape index (κ3) is 7.64. The van der Waals surface area contributed by atoms with Gasteiger partial charge in [-0.1, -0.05) is 6.92 Å². The lowest BCUT2D eigenvalue weighted by molar-refractivity contribution is -0.192. The SMILES string of the molecule is CC(Cc1ccc(C(=O)Oc2ccc(C(=N)N)cc2)o1)C(=O)N1CCCC1.O=C(O)C(F)(F)F. The summed E-state index contributed by atoms with van der Waals surface area (Å²) in [5.41, 5.74) is 5.94. The molecule has 1 amide bonds. The molecule has 4 N–H and O–H groups in total. The van der Waals surface area contributed by atoms with Crippen LogP contribution in [-0.2, 0) is 16.0 Å². The van der Waals surface area contributed by atoms with Crippen LogP contribution >= 0.6 is 0 Å². The van der Waals surface area contributed by atoms with E-state index in [0.29, 0.717) is 23.5 Å². The molecule has 1 fully saturated rings. The Kier molecular flexibility index (Phi) is 8.82. The zero-order chi connectivity index (χ0) is 25.5. The molecule has 2 heterocycles. The van der Waals surface area contributed by atoms with Gasteiger partial charge in [-0.25, -0.2) is 9.59 Å². The number of halogens is 3. The van der Waals surface area contributed by atoms with Gasteiger partial charge in [-0.2, -0.15) is 13.2 Å². The third-order valence-corrected chi connectivity index (χ3v) is 4.83. The Balaban J connectivity index is 0.000000509. The number of aliphatic carboxylic acids is 1. The smallest absolute Gasteiger partial charge is 0.475 e. The van der Waals surface area contributed by atoms with Crippen molar-refractivity contribution in [1.29, 1.82) is 5.41 Å². The fourth-order valence-electron chi connectivity index (χ4n) is 3.10. The van der Waals surface area contributed by atoms with Crippen LogP contribution in [0.2, 0.25) is 0 Å². The van der Waals surface area contributed by atoms with E-state index in [1.807, 2.05) is 11.8 Å². The molecule has 9 nitrogen and oxygen atoms in total. The van der Waals surface area contributed by atoms with E-state index in [1.54, 1.807) is 36.4 Å². The Bertz CT molecular complexity index is 1030. The lowest BCUT2D eigenvalue weighted by Crippen LogP contribution is -2.33. The normalized spacial score (nSPS) is 14.1. The first-order valence-corrected chi connectivity index (χ1v) is 10.2. The van der Waals surface area contributed by atoms with Gasteiger partial charge >= 0.3 is 18.1 Å². The van der Waals surface area contributed by atoms with E-state index in [1.165, 1.54) is 0 Å². The summed E-state index contributed by atoms with van der Waals surface area (Å²) in [6.07, 6.45) is -2.53. The van der Waals surface area contributed by atoms with Crippen LogP contribution in [0.25, 0.3) is 0 Å². The molecule has 1 saturated heterocycles. The number of rotatable bonds is 6. The minimum absolute atomic E-state index is 0.0545. The highest BCUT2D eigenvalue weighted by molar-refractivity contribution is 5.95. The predicted octanol–water partition coefficient (Wildman–Crippen LogP) is 3.22. The highest BCUT2D eigenvalue weighted by Gasteiger charge is 2.38. The van der Waals surface area contributed by atoms with Gasteiger partial charge in [0.1, 0.15) is 17.3 Å². The number of furan rings is 1. The minimum atomic E-state index is -5.08. The van der Waals surface area contributed by atoms with Gasteiger partial charge in [-0.3, -0.25) is 10.2 Å². The monoisotopic (exact) mass is 483 g/mol. The molecule has 1 aromatic heterocycles. The number of carboxylic acids is 1. The third-order valence-electron chi connectivity index (χ3n) is 4.83. The first-order valence-electron chi connectivity index (χ1n) is 10.2. The van der Waals surface area contributed by atoms with Gasteiger partial charge in [0.05, 0.1) is 0 Å². The molecule has 1 aliphatic rings. The lowest BCUT2D eigenvalue weighted by atomic mass is 10.1. The van der Waals surface area contributed by atoms with Crippen LogP contribution in [-0.4, -0.2) is 53.0 Å². The number of hydrogen-bond donors (Lipinski definition) is 3. The number of amides is 1. The van der Waals surface area contributed by atoms with Gasteiger partial charge < -0.3 is 24.9 Å². The van der Waals surface area contributed by atoms with Crippen LogP contribution in [0, 0.1) is 11.3 Å². The molecule has 3 rings (SSSR count). The second kappa shape index (κ2) is 11.3. The van der Waals surface area contributed by atoms with Gasteiger partial charge in [0.15, 0.2) is 0 Å². The van der Waals surface area contributed by atoms with Crippen LogP contribution in [0.3, 0.4) is 0 Å². The van der Waals surface area contributed by atoms with E-state index < -0.39 is 18.1 Å². The number of alkyl halides is 3. The van der Waals surface area contributed by atoms with Crippen molar-refractivity contribution in [2.45, 2.75) is 32.4 Å². The summed E-state index contributed by atoms with van der Waals surface area (Å²) in [5.74, 6) is -2.50. The standard InChI is InChI=1S/C20H23N3O4.C2HF3O2/c1-13(19(24)23-10-2-3-11-23)12-16-8-9-17(26-16)20(25)27-15-6-4-14(5-7-15)18(21)22;3-2(4,5)1(6)7/h4-9,13H,2-3,10-12H2,1H3,(H3,21,22);(H,6,7). The van der Waals surface area contributed by atoms with E-state index in [0.717, 1.165) is 25.9 Å². The maximum Gasteiger partial charge on any atom is 0.490 e. The molecule has 0 saturated carbocycles. The summed E-state index contributed by atoms with van der Waals surface area (Å²) in [6, 6.07) is 9.58. The van der Waals surface area contributed by atoms with Crippen molar-refractivity contribution >= 4 is 23.7 Å². The molecule has 1 unspecified atom stereocenters. The number of amidine groups is 1. The molecule has 184 valence electrons. The number of likely N-dealkylation sites (tertiary alicyclic amines) is 1. The van der Waals surface area contributed by atoms with E-state index in [-0.39, 0.29) is 23.4 Å². The van der Waals surface area contributed by atoms with Crippen molar-refractivity contribution in [2.75, 3.05) is 13.1 Å². The first kappa shape index (κ1) is 26.4. The van der Waals surface area contributed by atoms with Crippen molar-refractivity contribution < 1.29 is 41.8 Å². The van der Waals surface area contributed by atoms with Crippen LogP contribution in [0.1, 0.15) is 41.6 Å². The number of nitrogens with one attached hydrogen (secondary N) is 1. The minimum Gasteiger partial charge on any atom is -0.475 e. The van der Waals surface area contributed by atoms with Crippen molar-refractivity contribution in [3.8, 4) is 5.75 Å². The summed E-state index contributed by atoms with van der Waals surface area (Å²) in [6.45, 7) is 3.51. The average Bonchev–Trinajstić information content (AvgIpc) is 3.46. The molecule has 0 spiro atoms. The van der Waals surface area contributed by atoms with Crippen LogP contribution in [0.15, 0.2) is 40.8 Å².